The summed E-state index contributed by atoms with van der Waals surface area (Å²) in [4.78, 5) is 17.9. The van der Waals surface area contributed by atoms with Crippen molar-refractivity contribution in [3.05, 3.63) is 43.8 Å². The highest BCUT2D eigenvalue weighted by Gasteiger charge is 2.14. The van der Waals surface area contributed by atoms with Crippen LogP contribution in [0.1, 0.15) is 25.0 Å². The van der Waals surface area contributed by atoms with Crippen molar-refractivity contribution in [3.63, 3.8) is 0 Å². The quantitative estimate of drug-likeness (QED) is 0.777. The molecule has 0 bridgehead atoms. The largest absolute Gasteiger partial charge is 0.294 e. The lowest BCUT2D eigenvalue weighted by Gasteiger charge is -2.14. The molecule has 2 aromatic heterocycles. The molecule has 0 N–H and O–H groups in total. The van der Waals surface area contributed by atoms with Gasteiger partial charge < -0.3 is 0 Å². The third-order valence-electron chi connectivity index (χ3n) is 2.76. The molecular formula is C14H17NOS2. The summed E-state index contributed by atoms with van der Waals surface area (Å²) < 4.78 is 0. The van der Waals surface area contributed by atoms with Gasteiger partial charge in [0.25, 0.3) is 0 Å². The molecule has 0 unspecified atom stereocenters. The zero-order valence-corrected chi connectivity index (χ0v) is 12.5. The number of carbonyl (C=O) groups excluding carboxylic acids is 1. The summed E-state index contributed by atoms with van der Waals surface area (Å²) in [6.45, 7) is 5.38. The molecule has 0 spiro atoms. The number of rotatable bonds is 5. The Morgan fingerprint density at radius 1 is 1.39 bits per heavy atom. The monoisotopic (exact) mass is 279 g/mol. The van der Waals surface area contributed by atoms with Gasteiger partial charge in [0.1, 0.15) is 0 Å². The van der Waals surface area contributed by atoms with Crippen molar-refractivity contribution in [2.45, 2.75) is 20.4 Å². The van der Waals surface area contributed by atoms with Crippen LogP contribution in [0.3, 0.4) is 0 Å². The molecule has 0 aliphatic carbocycles. The first-order valence-corrected chi connectivity index (χ1v) is 7.57. The van der Waals surface area contributed by atoms with Crippen LogP contribution in [0, 0.1) is 13.8 Å². The normalized spacial score (nSPS) is 11.1. The van der Waals surface area contributed by atoms with Crippen molar-refractivity contribution < 1.29 is 4.79 Å². The third-order valence-corrected chi connectivity index (χ3v) is 4.59. The Hall–Kier alpha value is -0.970. The molecule has 2 heterocycles. The van der Waals surface area contributed by atoms with Crippen LogP contribution in [-0.2, 0) is 6.54 Å². The SMILES string of the molecule is Cc1cc(C(=O)CN(C)Cc2cccs2)c(C)s1. The Labute approximate surface area is 116 Å². The second-order valence-electron chi connectivity index (χ2n) is 4.50. The van der Waals surface area contributed by atoms with Gasteiger partial charge >= 0.3 is 0 Å². The fraction of sp³-hybridized carbons (Fsp3) is 0.357. The van der Waals surface area contributed by atoms with Gasteiger partial charge in [-0.3, -0.25) is 9.69 Å². The molecular weight excluding hydrogens is 262 g/mol. The summed E-state index contributed by atoms with van der Waals surface area (Å²) in [7, 11) is 1.99. The molecule has 2 rings (SSSR count). The van der Waals surface area contributed by atoms with E-state index in [4.69, 9.17) is 0 Å². The van der Waals surface area contributed by atoms with Crippen molar-refractivity contribution in [2.75, 3.05) is 13.6 Å². The van der Waals surface area contributed by atoms with E-state index in [9.17, 15) is 4.79 Å². The fourth-order valence-corrected chi connectivity index (χ4v) is 3.69. The van der Waals surface area contributed by atoms with E-state index in [1.54, 1.807) is 22.7 Å². The van der Waals surface area contributed by atoms with E-state index < -0.39 is 0 Å². The Morgan fingerprint density at radius 3 is 2.72 bits per heavy atom. The van der Waals surface area contributed by atoms with Crippen LogP contribution in [0.25, 0.3) is 0 Å². The molecule has 0 aliphatic heterocycles. The highest BCUT2D eigenvalue weighted by atomic mass is 32.1. The lowest BCUT2D eigenvalue weighted by molar-refractivity contribution is 0.0943. The molecule has 0 atom stereocenters. The topological polar surface area (TPSA) is 20.3 Å². The summed E-state index contributed by atoms with van der Waals surface area (Å²) in [5, 5.41) is 2.07. The molecule has 0 aliphatic rings. The zero-order chi connectivity index (χ0) is 13.1. The predicted octanol–water partition coefficient (Wildman–Crippen LogP) is 3.74. The van der Waals surface area contributed by atoms with Gasteiger partial charge in [0.15, 0.2) is 5.78 Å². The van der Waals surface area contributed by atoms with E-state index in [0.717, 1.165) is 17.0 Å². The minimum Gasteiger partial charge on any atom is -0.294 e. The standard InChI is InChI=1S/C14H17NOS2/c1-10-7-13(11(2)18-10)14(16)9-15(3)8-12-5-4-6-17-12/h4-7H,8-9H2,1-3H3. The number of aryl methyl sites for hydroxylation is 2. The van der Waals surface area contributed by atoms with E-state index >= 15 is 0 Å². The van der Waals surface area contributed by atoms with Crippen LogP contribution >= 0.6 is 22.7 Å². The molecule has 4 heteroatoms. The van der Waals surface area contributed by atoms with Crippen LogP contribution in [0.15, 0.2) is 23.6 Å². The van der Waals surface area contributed by atoms with Gasteiger partial charge in [0, 0.05) is 26.7 Å². The number of likely N-dealkylation sites (N-methyl/N-ethyl adjacent to an activating group) is 1. The van der Waals surface area contributed by atoms with Gasteiger partial charge in [0.05, 0.1) is 6.54 Å². The van der Waals surface area contributed by atoms with Gasteiger partial charge in [-0.05, 0) is 38.4 Å². The minimum absolute atomic E-state index is 0.218. The first kappa shape index (κ1) is 13.5. The molecule has 0 fully saturated rings. The second-order valence-corrected chi connectivity index (χ2v) is 6.99. The van der Waals surface area contributed by atoms with Gasteiger partial charge in [-0.15, -0.1) is 22.7 Å². The Bertz CT molecular complexity index is 528. The lowest BCUT2D eigenvalue weighted by atomic mass is 10.1. The summed E-state index contributed by atoms with van der Waals surface area (Å²) in [6, 6.07) is 6.15. The summed E-state index contributed by atoms with van der Waals surface area (Å²) in [5.74, 6) is 0.218. The first-order valence-electron chi connectivity index (χ1n) is 5.87. The van der Waals surface area contributed by atoms with E-state index in [0.29, 0.717) is 6.54 Å². The number of hydrogen-bond acceptors (Lipinski definition) is 4. The molecule has 96 valence electrons. The average molecular weight is 279 g/mol. The van der Waals surface area contributed by atoms with Crippen molar-refractivity contribution in [1.82, 2.24) is 4.90 Å². The molecule has 0 saturated heterocycles. The van der Waals surface area contributed by atoms with Crippen LogP contribution < -0.4 is 0 Å². The lowest BCUT2D eigenvalue weighted by Crippen LogP contribution is -2.25. The maximum absolute atomic E-state index is 12.2. The van der Waals surface area contributed by atoms with E-state index in [2.05, 4.69) is 16.3 Å². The number of thiophene rings is 2. The van der Waals surface area contributed by atoms with Crippen LogP contribution in [0.4, 0.5) is 0 Å². The van der Waals surface area contributed by atoms with Crippen molar-refractivity contribution >= 4 is 28.5 Å². The second kappa shape index (κ2) is 5.78. The number of nitrogens with zero attached hydrogens (tertiary/aromatic N) is 1. The average Bonchev–Trinajstić information content (AvgIpc) is 2.88. The Balaban J connectivity index is 1.97. The fourth-order valence-electron chi connectivity index (χ4n) is 1.96. The predicted molar refractivity (Wildman–Crippen MR) is 78.8 cm³/mol. The van der Waals surface area contributed by atoms with Crippen LogP contribution in [0.2, 0.25) is 0 Å². The smallest absolute Gasteiger partial charge is 0.177 e. The van der Waals surface area contributed by atoms with Crippen molar-refractivity contribution in [2.24, 2.45) is 0 Å². The van der Waals surface area contributed by atoms with Crippen molar-refractivity contribution in [1.29, 1.82) is 0 Å². The summed E-state index contributed by atoms with van der Waals surface area (Å²) in [5.41, 5.74) is 0.885. The highest BCUT2D eigenvalue weighted by Crippen LogP contribution is 2.21. The number of hydrogen-bond donors (Lipinski definition) is 0. The number of Topliss-reactive ketones (excluding diaryl/α,β-unsaturated/α-hetero) is 1. The van der Waals surface area contributed by atoms with E-state index in [1.165, 1.54) is 9.75 Å². The molecule has 18 heavy (non-hydrogen) atoms. The van der Waals surface area contributed by atoms with Crippen LogP contribution in [0.5, 0.6) is 0 Å². The minimum atomic E-state index is 0.218. The number of ketones is 1. The van der Waals surface area contributed by atoms with Gasteiger partial charge in [-0.25, -0.2) is 0 Å². The van der Waals surface area contributed by atoms with Gasteiger partial charge in [0.2, 0.25) is 0 Å². The summed E-state index contributed by atoms with van der Waals surface area (Å²) >= 11 is 3.42. The van der Waals surface area contributed by atoms with Gasteiger partial charge in [-0.1, -0.05) is 6.07 Å². The van der Waals surface area contributed by atoms with Crippen LogP contribution in [-0.4, -0.2) is 24.3 Å². The summed E-state index contributed by atoms with van der Waals surface area (Å²) in [6.07, 6.45) is 0. The molecule has 0 radical (unpaired) electrons. The maximum atomic E-state index is 12.2. The number of carbonyl (C=O) groups is 1. The van der Waals surface area contributed by atoms with Crippen molar-refractivity contribution in [3.8, 4) is 0 Å². The molecule has 0 saturated carbocycles. The third kappa shape index (κ3) is 3.28. The molecule has 2 aromatic rings. The zero-order valence-electron chi connectivity index (χ0n) is 10.9. The highest BCUT2D eigenvalue weighted by molar-refractivity contribution is 7.12. The maximum Gasteiger partial charge on any atom is 0.177 e. The van der Waals surface area contributed by atoms with Gasteiger partial charge in [-0.2, -0.15) is 0 Å². The van der Waals surface area contributed by atoms with E-state index in [-0.39, 0.29) is 5.78 Å². The molecule has 0 aromatic carbocycles. The van der Waals surface area contributed by atoms with E-state index in [1.807, 2.05) is 33.0 Å². The molecule has 2 nitrogen and oxygen atoms in total. The Kier molecular flexibility index (Phi) is 4.32. The Morgan fingerprint density at radius 2 is 2.17 bits per heavy atom. The molecule has 0 amide bonds. The first-order chi connectivity index (χ1) is 8.56.